The zero-order valence-corrected chi connectivity index (χ0v) is 11.6. The molecule has 0 spiro atoms. The van der Waals surface area contributed by atoms with Crippen LogP contribution in [0.5, 0.6) is 0 Å². The number of nitrogens with two attached hydrogens (primary N) is 1. The lowest BCUT2D eigenvalue weighted by Gasteiger charge is -2.13. The number of carbonyl (C=O) groups is 1. The third-order valence-electron chi connectivity index (χ3n) is 3.20. The molecule has 0 aromatic heterocycles. The van der Waals surface area contributed by atoms with Crippen LogP contribution in [0.25, 0.3) is 0 Å². The molecular formula is C16H16F2N2O. The molecule has 0 aliphatic carbocycles. The van der Waals surface area contributed by atoms with E-state index in [0.29, 0.717) is 6.07 Å². The summed E-state index contributed by atoms with van der Waals surface area (Å²) in [4.78, 5) is 11.9. The molecule has 3 nitrogen and oxygen atoms in total. The number of hydrogen-bond acceptors (Lipinski definition) is 2. The van der Waals surface area contributed by atoms with E-state index in [-0.39, 0.29) is 23.7 Å². The summed E-state index contributed by atoms with van der Waals surface area (Å²) in [6.07, 6.45) is 0. The van der Waals surface area contributed by atoms with Crippen molar-refractivity contribution in [1.29, 1.82) is 0 Å². The van der Waals surface area contributed by atoms with Gasteiger partial charge in [0.15, 0.2) is 0 Å². The fourth-order valence-corrected chi connectivity index (χ4v) is 1.95. The molecular weight excluding hydrogens is 274 g/mol. The van der Waals surface area contributed by atoms with Gasteiger partial charge in [-0.05, 0) is 24.1 Å². The maximum Gasteiger partial charge on any atom is 0.254 e. The minimum atomic E-state index is -0.885. The van der Waals surface area contributed by atoms with E-state index in [1.54, 1.807) is 0 Å². The van der Waals surface area contributed by atoms with Gasteiger partial charge in [0, 0.05) is 18.7 Å². The van der Waals surface area contributed by atoms with E-state index in [4.69, 9.17) is 5.73 Å². The topological polar surface area (TPSA) is 55.1 Å². The summed E-state index contributed by atoms with van der Waals surface area (Å²) in [6.45, 7) is 1.64. The van der Waals surface area contributed by atoms with Crippen molar-refractivity contribution in [3.8, 4) is 0 Å². The fourth-order valence-electron chi connectivity index (χ4n) is 1.95. The Labute approximate surface area is 121 Å². The fraction of sp³-hybridized carbons (Fsp3) is 0.188. The van der Waals surface area contributed by atoms with Gasteiger partial charge >= 0.3 is 0 Å². The Kier molecular flexibility index (Phi) is 4.65. The van der Waals surface area contributed by atoms with E-state index >= 15 is 0 Å². The van der Waals surface area contributed by atoms with Crippen LogP contribution >= 0.6 is 0 Å². The van der Waals surface area contributed by atoms with Crippen LogP contribution in [0.4, 0.5) is 8.78 Å². The van der Waals surface area contributed by atoms with Crippen LogP contribution in [0.1, 0.15) is 27.5 Å². The van der Waals surface area contributed by atoms with E-state index in [1.807, 2.05) is 30.3 Å². The predicted molar refractivity (Wildman–Crippen MR) is 76.8 cm³/mol. The Morgan fingerprint density at radius 3 is 2.52 bits per heavy atom. The van der Waals surface area contributed by atoms with Crippen molar-refractivity contribution in [3.63, 3.8) is 0 Å². The lowest BCUT2D eigenvalue weighted by Crippen LogP contribution is -2.32. The van der Waals surface area contributed by atoms with Crippen molar-refractivity contribution in [2.24, 2.45) is 5.73 Å². The molecule has 3 N–H and O–H groups in total. The molecule has 0 fully saturated rings. The third-order valence-corrected chi connectivity index (χ3v) is 3.20. The van der Waals surface area contributed by atoms with Crippen LogP contribution in [0, 0.1) is 18.6 Å². The first-order valence-electron chi connectivity index (χ1n) is 6.53. The van der Waals surface area contributed by atoms with Gasteiger partial charge in [-0.3, -0.25) is 4.79 Å². The third kappa shape index (κ3) is 3.64. The van der Waals surface area contributed by atoms with Crippen LogP contribution < -0.4 is 11.1 Å². The quantitative estimate of drug-likeness (QED) is 0.909. The SMILES string of the molecule is Cc1cc(C(=O)NCC(N)c2ccccc2)c(F)cc1F. The lowest BCUT2D eigenvalue weighted by atomic mass is 10.1. The molecule has 0 aliphatic heterocycles. The molecule has 0 bridgehead atoms. The van der Waals surface area contributed by atoms with E-state index in [9.17, 15) is 13.6 Å². The number of rotatable bonds is 4. The normalized spacial score (nSPS) is 12.0. The zero-order valence-electron chi connectivity index (χ0n) is 11.6. The average molecular weight is 290 g/mol. The van der Waals surface area contributed by atoms with Gasteiger partial charge in [-0.25, -0.2) is 8.78 Å². The monoisotopic (exact) mass is 290 g/mol. The van der Waals surface area contributed by atoms with Crippen molar-refractivity contribution in [3.05, 3.63) is 70.8 Å². The molecule has 1 unspecified atom stereocenters. The summed E-state index contributed by atoms with van der Waals surface area (Å²) >= 11 is 0. The predicted octanol–water partition coefficient (Wildman–Crippen LogP) is 2.70. The van der Waals surface area contributed by atoms with Gasteiger partial charge in [0.05, 0.1) is 5.56 Å². The number of hydrogen-bond donors (Lipinski definition) is 2. The molecule has 0 heterocycles. The highest BCUT2D eigenvalue weighted by molar-refractivity contribution is 5.94. The van der Waals surface area contributed by atoms with Crippen LogP contribution in [0.15, 0.2) is 42.5 Å². The highest BCUT2D eigenvalue weighted by Crippen LogP contribution is 2.14. The smallest absolute Gasteiger partial charge is 0.254 e. The summed E-state index contributed by atoms with van der Waals surface area (Å²) in [7, 11) is 0. The van der Waals surface area contributed by atoms with Crippen LogP contribution in [0.2, 0.25) is 0 Å². The Morgan fingerprint density at radius 1 is 1.19 bits per heavy atom. The Balaban J connectivity index is 2.04. The molecule has 2 aromatic carbocycles. The van der Waals surface area contributed by atoms with Gasteiger partial charge in [0.1, 0.15) is 11.6 Å². The molecule has 0 aliphatic rings. The number of nitrogens with one attached hydrogen (secondary N) is 1. The number of carbonyl (C=O) groups excluding carboxylic acids is 1. The van der Waals surface area contributed by atoms with E-state index < -0.39 is 17.5 Å². The Hall–Kier alpha value is -2.27. The molecule has 5 heteroatoms. The highest BCUT2D eigenvalue weighted by Gasteiger charge is 2.15. The van der Waals surface area contributed by atoms with E-state index in [0.717, 1.165) is 5.56 Å². The van der Waals surface area contributed by atoms with Crippen LogP contribution in [-0.2, 0) is 0 Å². The molecule has 1 atom stereocenters. The summed E-state index contributed by atoms with van der Waals surface area (Å²) in [5.41, 5.74) is 6.84. The van der Waals surface area contributed by atoms with Gasteiger partial charge in [0.2, 0.25) is 0 Å². The first-order valence-corrected chi connectivity index (χ1v) is 6.53. The molecule has 0 saturated carbocycles. The van der Waals surface area contributed by atoms with Gasteiger partial charge in [-0.1, -0.05) is 30.3 Å². The number of halogens is 2. The standard InChI is InChI=1S/C16H16F2N2O/c1-10-7-12(14(18)8-13(10)17)16(21)20-9-15(19)11-5-3-2-4-6-11/h2-8,15H,9,19H2,1H3,(H,20,21). The highest BCUT2D eigenvalue weighted by atomic mass is 19.1. The van der Waals surface area contributed by atoms with Crippen molar-refractivity contribution >= 4 is 5.91 Å². The second-order valence-corrected chi connectivity index (χ2v) is 4.81. The van der Waals surface area contributed by atoms with Gasteiger partial charge in [-0.15, -0.1) is 0 Å². The van der Waals surface area contributed by atoms with Crippen LogP contribution in [-0.4, -0.2) is 12.5 Å². The maximum atomic E-state index is 13.6. The number of amides is 1. The molecule has 2 aromatic rings. The van der Waals surface area contributed by atoms with Gasteiger partial charge in [-0.2, -0.15) is 0 Å². The number of benzene rings is 2. The summed E-state index contributed by atoms with van der Waals surface area (Å²) in [5.74, 6) is -2.17. The minimum absolute atomic E-state index is 0.165. The summed E-state index contributed by atoms with van der Waals surface area (Å²) < 4.78 is 26.8. The molecule has 110 valence electrons. The molecule has 0 saturated heterocycles. The van der Waals surface area contributed by atoms with Crippen molar-refractivity contribution < 1.29 is 13.6 Å². The average Bonchev–Trinajstić information content (AvgIpc) is 2.49. The minimum Gasteiger partial charge on any atom is -0.350 e. The zero-order chi connectivity index (χ0) is 15.4. The van der Waals surface area contributed by atoms with Gasteiger partial charge in [0.25, 0.3) is 5.91 Å². The first kappa shape index (κ1) is 15.1. The van der Waals surface area contributed by atoms with E-state index in [2.05, 4.69) is 5.32 Å². The van der Waals surface area contributed by atoms with Crippen molar-refractivity contribution in [2.45, 2.75) is 13.0 Å². The Morgan fingerprint density at radius 2 is 1.86 bits per heavy atom. The molecule has 2 rings (SSSR count). The summed E-state index contributed by atoms with van der Waals surface area (Å²) in [5, 5.41) is 2.56. The van der Waals surface area contributed by atoms with E-state index in [1.165, 1.54) is 13.0 Å². The number of aryl methyl sites for hydroxylation is 1. The first-order chi connectivity index (χ1) is 9.99. The lowest BCUT2D eigenvalue weighted by molar-refractivity contribution is 0.0947. The summed E-state index contributed by atoms with van der Waals surface area (Å²) in [6, 6.07) is 10.8. The maximum absolute atomic E-state index is 13.6. The van der Waals surface area contributed by atoms with Crippen molar-refractivity contribution in [2.75, 3.05) is 6.54 Å². The molecule has 0 radical (unpaired) electrons. The van der Waals surface area contributed by atoms with Crippen molar-refractivity contribution in [1.82, 2.24) is 5.32 Å². The second-order valence-electron chi connectivity index (χ2n) is 4.81. The molecule has 1 amide bonds. The second kappa shape index (κ2) is 6.45. The van der Waals surface area contributed by atoms with Gasteiger partial charge < -0.3 is 11.1 Å². The largest absolute Gasteiger partial charge is 0.350 e. The molecule has 21 heavy (non-hydrogen) atoms. The van der Waals surface area contributed by atoms with Crippen LogP contribution in [0.3, 0.4) is 0 Å². The Bertz CT molecular complexity index is 644.